The molecule has 2 aliphatic rings. The number of ketones is 1. The lowest BCUT2D eigenvalue weighted by molar-refractivity contribution is 0.0689. The van der Waals surface area contributed by atoms with Gasteiger partial charge in [-0.2, -0.15) is 0 Å². The molecule has 0 spiro atoms. The molecule has 134 valence electrons. The molecular weight excluding hydrogens is 340 g/mol. The topological polar surface area (TPSA) is 79.0 Å². The van der Waals surface area contributed by atoms with Crippen LogP contribution in [0.25, 0.3) is 0 Å². The van der Waals surface area contributed by atoms with Gasteiger partial charge in [0.15, 0.2) is 5.78 Å². The second-order valence-corrected chi connectivity index (χ2v) is 6.96. The van der Waals surface area contributed by atoms with Gasteiger partial charge in [-0.1, -0.05) is 18.2 Å². The Morgan fingerprint density at radius 1 is 1.15 bits per heavy atom. The second-order valence-electron chi connectivity index (χ2n) is 6.96. The summed E-state index contributed by atoms with van der Waals surface area (Å²) in [6.07, 6.45) is 7.03. The van der Waals surface area contributed by atoms with Gasteiger partial charge in [0, 0.05) is 48.6 Å². The van der Waals surface area contributed by atoms with Gasteiger partial charge >= 0.3 is 0 Å². The molecule has 1 aliphatic carbocycles. The first kappa shape index (κ1) is 15.9. The number of imidazole rings is 1. The van der Waals surface area contributed by atoms with Crippen molar-refractivity contribution in [3.05, 3.63) is 82.7 Å². The summed E-state index contributed by atoms with van der Waals surface area (Å²) in [6, 6.07) is 9.02. The average molecular weight is 358 g/mol. The maximum Gasteiger partial charge on any atom is 0.255 e. The highest BCUT2D eigenvalue weighted by Crippen LogP contribution is 2.35. The Labute approximate surface area is 156 Å². The van der Waals surface area contributed by atoms with Crippen LogP contribution in [0.2, 0.25) is 0 Å². The van der Waals surface area contributed by atoms with E-state index in [0.717, 1.165) is 28.9 Å². The van der Waals surface area contributed by atoms with Crippen LogP contribution in [0.5, 0.6) is 0 Å². The van der Waals surface area contributed by atoms with E-state index in [1.807, 2.05) is 29.2 Å². The Kier molecular flexibility index (Phi) is 3.63. The standard InChI is InChI=1S/C21H18N4O2/c26-18-7-6-14-15(18)4-1-5-16(14)21(27)25-10-8-17-19(24-12-23-17)20(25)13-3-2-9-22-11-13/h1-5,9,11-12,20H,6-8,10H2,(H,23,24). The highest BCUT2D eigenvalue weighted by atomic mass is 16.2. The first-order valence-electron chi connectivity index (χ1n) is 9.12. The number of aromatic amines is 1. The van der Waals surface area contributed by atoms with Crippen molar-refractivity contribution >= 4 is 11.7 Å². The second kappa shape index (κ2) is 6.16. The minimum absolute atomic E-state index is 0.0518. The van der Waals surface area contributed by atoms with Gasteiger partial charge in [0.05, 0.1) is 12.0 Å². The molecule has 0 saturated carbocycles. The van der Waals surface area contributed by atoms with E-state index in [4.69, 9.17) is 0 Å². The van der Waals surface area contributed by atoms with E-state index in [1.165, 1.54) is 0 Å². The van der Waals surface area contributed by atoms with E-state index in [2.05, 4.69) is 15.0 Å². The lowest BCUT2D eigenvalue weighted by Crippen LogP contribution is -2.41. The first-order chi connectivity index (χ1) is 13.2. The monoisotopic (exact) mass is 358 g/mol. The maximum atomic E-state index is 13.5. The molecule has 1 N–H and O–H groups in total. The van der Waals surface area contributed by atoms with Gasteiger partial charge in [0.25, 0.3) is 5.91 Å². The van der Waals surface area contributed by atoms with E-state index in [0.29, 0.717) is 30.5 Å². The van der Waals surface area contributed by atoms with Crippen LogP contribution in [-0.4, -0.2) is 38.1 Å². The number of nitrogens with one attached hydrogen (secondary N) is 1. The normalized spacial score (nSPS) is 18.3. The predicted molar refractivity (Wildman–Crippen MR) is 98.5 cm³/mol. The number of hydrogen-bond acceptors (Lipinski definition) is 4. The summed E-state index contributed by atoms with van der Waals surface area (Å²) in [6.45, 7) is 0.588. The molecule has 1 atom stereocenters. The Morgan fingerprint density at radius 2 is 2.07 bits per heavy atom. The molecule has 2 aromatic heterocycles. The number of carbonyl (C=O) groups is 2. The van der Waals surface area contributed by atoms with Crippen molar-refractivity contribution in [3.8, 4) is 0 Å². The van der Waals surface area contributed by atoms with Gasteiger partial charge in [-0.05, 0) is 29.7 Å². The fraction of sp³-hybridized carbons (Fsp3) is 0.238. The highest BCUT2D eigenvalue weighted by Gasteiger charge is 2.36. The van der Waals surface area contributed by atoms with Crippen LogP contribution < -0.4 is 0 Å². The summed E-state index contributed by atoms with van der Waals surface area (Å²) in [5.41, 5.74) is 5.06. The van der Waals surface area contributed by atoms with Crippen molar-refractivity contribution in [2.45, 2.75) is 25.3 Å². The van der Waals surface area contributed by atoms with Gasteiger partial charge in [0.2, 0.25) is 0 Å². The SMILES string of the molecule is O=C1CCc2c1cccc2C(=O)N1CCc2[nH]cnc2C1c1cccnc1. The number of aromatic nitrogens is 3. The van der Waals surface area contributed by atoms with Crippen molar-refractivity contribution in [3.63, 3.8) is 0 Å². The third-order valence-corrected chi connectivity index (χ3v) is 5.49. The lowest BCUT2D eigenvalue weighted by atomic mass is 9.94. The van der Waals surface area contributed by atoms with Crippen LogP contribution in [0.15, 0.2) is 49.1 Å². The summed E-state index contributed by atoms with van der Waals surface area (Å²) in [4.78, 5) is 39.4. The van der Waals surface area contributed by atoms with Gasteiger partial charge in [-0.25, -0.2) is 4.98 Å². The molecule has 6 nitrogen and oxygen atoms in total. The van der Waals surface area contributed by atoms with Crippen LogP contribution in [0.3, 0.4) is 0 Å². The van der Waals surface area contributed by atoms with E-state index < -0.39 is 0 Å². The smallest absolute Gasteiger partial charge is 0.255 e. The quantitative estimate of drug-likeness (QED) is 0.764. The first-order valence-corrected chi connectivity index (χ1v) is 9.12. The molecule has 3 heterocycles. The third kappa shape index (κ3) is 2.48. The van der Waals surface area contributed by atoms with Crippen molar-refractivity contribution in [2.75, 3.05) is 6.54 Å². The fourth-order valence-corrected chi connectivity index (χ4v) is 4.22. The van der Waals surface area contributed by atoms with Gasteiger partial charge in [-0.15, -0.1) is 0 Å². The molecule has 0 radical (unpaired) electrons. The summed E-state index contributed by atoms with van der Waals surface area (Å²) >= 11 is 0. The molecule has 1 aromatic carbocycles. The van der Waals surface area contributed by atoms with Crippen molar-refractivity contribution < 1.29 is 9.59 Å². The van der Waals surface area contributed by atoms with Crippen LogP contribution in [0, 0.1) is 0 Å². The summed E-state index contributed by atoms with van der Waals surface area (Å²) in [5, 5.41) is 0. The molecule has 1 aliphatic heterocycles. The third-order valence-electron chi connectivity index (χ3n) is 5.49. The molecule has 27 heavy (non-hydrogen) atoms. The maximum absolute atomic E-state index is 13.5. The Morgan fingerprint density at radius 3 is 2.93 bits per heavy atom. The molecule has 3 aromatic rings. The lowest BCUT2D eigenvalue weighted by Gasteiger charge is -2.35. The molecule has 1 unspecified atom stereocenters. The van der Waals surface area contributed by atoms with Gasteiger partial charge in [0.1, 0.15) is 6.04 Å². The number of carbonyl (C=O) groups excluding carboxylic acids is 2. The van der Waals surface area contributed by atoms with Crippen molar-refractivity contribution in [1.82, 2.24) is 19.9 Å². The fourth-order valence-electron chi connectivity index (χ4n) is 4.22. The molecular formula is C21H18N4O2. The van der Waals surface area contributed by atoms with E-state index in [9.17, 15) is 9.59 Å². The molecule has 0 bridgehead atoms. The molecule has 0 saturated heterocycles. The molecule has 0 fully saturated rings. The molecule has 6 heteroatoms. The highest BCUT2D eigenvalue weighted by molar-refractivity contribution is 6.05. The molecule has 5 rings (SSSR count). The predicted octanol–water partition coefficient (Wildman–Crippen LogP) is 2.72. The number of Topliss-reactive ketones (excluding diaryl/α,β-unsaturated/α-hetero) is 1. The number of nitrogens with zero attached hydrogens (tertiary/aromatic N) is 3. The van der Waals surface area contributed by atoms with E-state index >= 15 is 0 Å². The molecule has 1 amide bonds. The van der Waals surface area contributed by atoms with E-state index in [1.54, 1.807) is 24.8 Å². The Balaban J connectivity index is 1.60. The number of hydrogen-bond donors (Lipinski definition) is 1. The Bertz CT molecular complexity index is 1040. The van der Waals surface area contributed by atoms with Crippen LogP contribution >= 0.6 is 0 Å². The minimum atomic E-state index is -0.283. The van der Waals surface area contributed by atoms with E-state index in [-0.39, 0.29) is 17.7 Å². The zero-order chi connectivity index (χ0) is 18.4. The number of benzene rings is 1. The van der Waals surface area contributed by atoms with Crippen LogP contribution in [0.4, 0.5) is 0 Å². The van der Waals surface area contributed by atoms with Gasteiger partial charge < -0.3 is 9.88 Å². The van der Waals surface area contributed by atoms with Crippen LogP contribution in [-0.2, 0) is 12.8 Å². The summed E-state index contributed by atoms with van der Waals surface area (Å²) in [5.74, 6) is 0.0701. The number of amides is 1. The summed E-state index contributed by atoms with van der Waals surface area (Å²) < 4.78 is 0. The largest absolute Gasteiger partial charge is 0.348 e. The zero-order valence-corrected chi connectivity index (χ0v) is 14.7. The average Bonchev–Trinajstić information content (AvgIpc) is 3.34. The zero-order valence-electron chi connectivity index (χ0n) is 14.7. The number of fused-ring (bicyclic) bond motifs is 2. The number of rotatable bonds is 2. The Hall–Kier alpha value is -3.28. The number of H-pyrrole nitrogens is 1. The minimum Gasteiger partial charge on any atom is -0.348 e. The summed E-state index contributed by atoms with van der Waals surface area (Å²) in [7, 11) is 0. The van der Waals surface area contributed by atoms with Crippen molar-refractivity contribution in [1.29, 1.82) is 0 Å². The van der Waals surface area contributed by atoms with Crippen LogP contribution in [0.1, 0.15) is 55.7 Å². The van der Waals surface area contributed by atoms with Gasteiger partial charge in [-0.3, -0.25) is 14.6 Å². The number of pyridine rings is 1. The van der Waals surface area contributed by atoms with Crippen molar-refractivity contribution in [2.24, 2.45) is 0 Å².